The van der Waals surface area contributed by atoms with E-state index in [1.54, 1.807) is 23.1 Å². The van der Waals surface area contributed by atoms with Gasteiger partial charge in [0, 0.05) is 13.5 Å². The smallest absolute Gasteiger partial charge is 0.264 e. The first-order valence-electron chi connectivity index (χ1n) is 9.07. The summed E-state index contributed by atoms with van der Waals surface area (Å²) >= 11 is 0. The molecule has 4 rings (SSSR count). The van der Waals surface area contributed by atoms with Crippen molar-refractivity contribution in [1.29, 1.82) is 0 Å². The molecule has 0 unspecified atom stereocenters. The Labute approximate surface area is 159 Å². The zero-order chi connectivity index (χ0) is 19.2. The summed E-state index contributed by atoms with van der Waals surface area (Å²) < 4.78 is 34.0. The molecular weight excluding hydrogens is 364 g/mol. The third-order valence-corrected chi connectivity index (χ3v) is 6.83. The predicted molar refractivity (Wildman–Crippen MR) is 104 cm³/mol. The molecule has 1 atom stereocenters. The van der Waals surface area contributed by atoms with E-state index in [0.717, 1.165) is 24.1 Å². The van der Waals surface area contributed by atoms with E-state index in [1.165, 1.54) is 11.2 Å². The van der Waals surface area contributed by atoms with Gasteiger partial charge in [0.15, 0.2) is 0 Å². The lowest BCUT2D eigenvalue weighted by Gasteiger charge is -2.34. The number of carbonyl (C=O) groups is 1. The molecule has 2 aliphatic rings. The number of aryl methyl sites for hydroxylation is 1. The van der Waals surface area contributed by atoms with E-state index >= 15 is 0 Å². The van der Waals surface area contributed by atoms with Gasteiger partial charge in [-0.2, -0.15) is 0 Å². The monoisotopic (exact) mass is 386 g/mol. The Hall–Kier alpha value is -2.54. The molecular formula is C20H22N2O4S. The van der Waals surface area contributed by atoms with Gasteiger partial charge in [-0.1, -0.05) is 18.2 Å². The summed E-state index contributed by atoms with van der Waals surface area (Å²) in [7, 11) is -3.73. The van der Waals surface area contributed by atoms with Gasteiger partial charge in [-0.05, 0) is 49.6 Å². The van der Waals surface area contributed by atoms with Crippen LogP contribution >= 0.6 is 0 Å². The third-order valence-electron chi connectivity index (χ3n) is 5.02. The highest BCUT2D eigenvalue weighted by atomic mass is 32.2. The first-order chi connectivity index (χ1) is 12.9. The van der Waals surface area contributed by atoms with Crippen molar-refractivity contribution in [2.45, 2.75) is 37.7 Å². The quantitative estimate of drug-likeness (QED) is 0.796. The molecule has 142 valence electrons. The lowest BCUT2D eigenvalue weighted by atomic mass is 10.0. The topological polar surface area (TPSA) is 66.9 Å². The Bertz CT molecular complexity index is 1000. The summed E-state index contributed by atoms with van der Waals surface area (Å²) in [6.45, 7) is 4.21. The number of sulfonamides is 1. The summed E-state index contributed by atoms with van der Waals surface area (Å²) in [5.41, 5.74) is 2.27. The number of hydrogen-bond acceptors (Lipinski definition) is 4. The van der Waals surface area contributed by atoms with Crippen LogP contribution < -0.4 is 13.9 Å². The van der Waals surface area contributed by atoms with Gasteiger partial charge in [0.05, 0.1) is 22.8 Å². The lowest BCUT2D eigenvalue weighted by molar-refractivity contribution is -0.117. The Kier molecular flexibility index (Phi) is 4.34. The number of rotatable bonds is 2. The van der Waals surface area contributed by atoms with Crippen LogP contribution in [0.5, 0.6) is 5.75 Å². The number of carbonyl (C=O) groups excluding carboxylic acids is 1. The fourth-order valence-electron chi connectivity index (χ4n) is 3.75. The fourth-order valence-corrected chi connectivity index (χ4v) is 5.31. The molecule has 6 nitrogen and oxygen atoms in total. The number of anilines is 2. The maximum absolute atomic E-state index is 13.4. The Balaban J connectivity index is 1.78. The SMILES string of the molecule is CC(=O)N1C[C@@H](C)Oc2ccc(S(=O)(=O)N3CCCc4ccccc43)cc21. The molecule has 0 saturated heterocycles. The average Bonchev–Trinajstić information content (AvgIpc) is 2.66. The van der Waals surface area contributed by atoms with Crippen LogP contribution in [0.3, 0.4) is 0 Å². The fraction of sp³-hybridized carbons (Fsp3) is 0.350. The van der Waals surface area contributed by atoms with Crippen LogP contribution in [0, 0.1) is 0 Å². The molecule has 0 fully saturated rings. The minimum atomic E-state index is -3.73. The van der Waals surface area contributed by atoms with Crippen molar-refractivity contribution in [3.05, 3.63) is 48.0 Å². The van der Waals surface area contributed by atoms with Crippen molar-refractivity contribution < 1.29 is 17.9 Å². The zero-order valence-electron chi connectivity index (χ0n) is 15.4. The molecule has 27 heavy (non-hydrogen) atoms. The molecule has 2 aromatic rings. The summed E-state index contributed by atoms with van der Waals surface area (Å²) in [5, 5.41) is 0. The van der Waals surface area contributed by atoms with Crippen LogP contribution in [0.15, 0.2) is 47.4 Å². The minimum Gasteiger partial charge on any atom is -0.487 e. The number of nitrogens with zero attached hydrogens (tertiary/aromatic N) is 2. The zero-order valence-corrected chi connectivity index (χ0v) is 16.2. The van der Waals surface area contributed by atoms with Gasteiger partial charge < -0.3 is 9.64 Å². The molecule has 0 spiro atoms. The van der Waals surface area contributed by atoms with Crippen molar-refractivity contribution in [2.24, 2.45) is 0 Å². The highest BCUT2D eigenvalue weighted by molar-refractivity contribution is 7.92. The van der Waals surface area contributed by atoms with Gasteiger partial charge in [0.2, 0.25) is 5.91 Å². The van der Waals surface area contributed by atoms with E-state index in [-0.39, 0.29) is 16.9 Å². The van der Waals surface area contributed by atoms with Crippen molar-refractivity contribution in [3.63, 3.8) is 0 Å². The van der Waals surface area contributed by atoms with Gasteiger partial charge in [-0.25, -0.2) is 8.42 Å². The number of para-hydroxylation sites is 1. The molecule has 0 radical (unpaired) electrons. The summed E-state index contributed by atoms with van der Waals surface area (Å²) in [4.78, 5) is 13.8. The molecule has 0 bridgehead atoms. The molecule has 2 aromatic carbocycles. The first kappa shape index (κ1) is 17.9. The number of benzene rings is 2. The van der Waals surface area contributed by atoms with Crippen molar-refractivity contribution in [2.75, 3.05) is 22.3 Å². The van der Waals surface area contributed by atoms with Crippen LogP contribution in [0.2, 0.25) is 0 Å². The highest BCUT2D eigenvalue weighted by Crippen LogP contribution is 2.38. The van der Waals surface area contributed by atoms with Gasteiger partial charge >= 0.3 is 0 Å². The molecule has 0 N–H and O–H groups in total. The van der Waals surface area contributed by atoms with Gasteiger partial charge in [0.1, 0.15) is 11.9 Å². The summed E-state index contributed by atoms with van der Waals surface area (Å²) in [6, 6.07) is 12.3. The van der Waals surface area contributed by atoms with E-state index in [1.807, 2.05) is 31.2 Å². The Morgan fingerprint density at radius 2 is 1.93 bits per heavy atom. The largest absolute Gasteiger partial charge is 0.487 e. The normalized spacial score (nSPS) is 19.1. The number of ether oxygens (including phenoxy) is 1. The molecule has 2 aliphatic heterocycles. The maximum atomic E-state index is 13.4. The highest BCUT2D eigenvalue weighted by Gasteiger charge is 2.32. The average molecular weight is 386 g/mol. The van der Waals surface area contributed by atoms with Crippen LogP contribution in [-0.2, 0) is 21.2 Å². The van der Waals surface area contributed by atoms with Crippen LogP contribution in [0.4, 0.5) is 11.4 Å². The van der Waals surface area contributed by atoms with Gasteiger partial charge in [-0.3, -0.25) is 9.10 Å². The first-order valence-corrected chi connectivity index (χ1v) is 10.5. The van der Waals surface area contributed by atoms with E-state index in [4.69, 9.17) is 4.74 Å². The van der Waals surface area contributed by atoms with E-state index < -0.39 is 10.0 Å². The second-order valence-corrected chi connectivity index (χ2v) is 8.86. The summed E-state index contributed by atoms with van der Waals surface area (Å²) in [5.74, 6) is 0.395. The Morgan fingerprint density at radius 3 is 2.70 bits per heavy atom. The Morgan fingerprint density at radius 1 is 1.15 bits per heavy atom. The standard InChI is InChI=1S/C20H22N2O4S/c1-14-13-21(15(2)23)19-12-17(9-10-20(19)26-14)27(24,25)22-11-5-7-16-6-3-4-8-18(16)22/h3-4,6,8-10,12,14H,5,7,11,13H2,1-2H3/t14-/m1/s1. The van der Waals surface area contributed by atoms with E-state index in [9.17, 15) is 13.2 Å². The second kappa shape index (κ2) is 6.56. The predicted octanol–water partition coefficient (Wildman–Crippen LogP) is 2.96. The molecule has 7 heteroatoms. The summed E-state index contributed by atoms with van der Waals surface area (Å²) in [6.07, 6.45) is 1.51. The second-order valence-electron chi connectivity index (χ2n) is 7.00. The number of amides is 1. The molecule has 1 amide bonds. The minimum absolute atomic E-state index is 0.135. The number of hydrogen-bond donors (Lipinski definition) is 0. The van der Waals surface area contributed by atoms with Crippen LogP contribution in [-0.4, -0.2) is 33.5 Å². The van der Waals surface area contributed by atoms with Crippen LogP contribution in [0.25, 0.3) is 0 Å². The number of fused-ring (bicyclic) bond motifs is 2. The van der Waals surface area contributed by atoms with Crippen LogP contribution in [0.1, 0.15) is 25.8 Å². The van der Waals surface area contributed by atoms with Gasteiger partial charge in [0.25, 0.3) is 10.0 Å². The maximum Gasteiger partial charge on any atom is 0.264 e. The van der Waals surface area contributed by atoms with E-state index in [0.29, 0.717) is 24.5 Å². The van der Waals surface area contributed by atoms with Gasteiger partial charge in [-0.15, -0.1) is 0 Å². The molecule has 2 heterocycles. The molecule has 0 saturated carbocycles. The van der Waals surface area contributed by atoms with Crippen molar-refractivity contribution >= 4 is 27.3 Å². The van der Waals surface area contributed by atoms with Crippen molar-refractivity contribution in [1.82, 2.24) is 0 Å². The lowest BCUT2D eigenvalue weighted by Crippen LogP contribution is -2.41. The van der Waals surface area contributed by atoms with E-state index in [2.05, 4.69) is 0 Å². The molecule has 0 aromatic heterocycles. The third kappa shape index (κ3) is 3.06. The van der Waals surface area contributed by atoms with Crippen molar-refractivity contribution in [3.8, 4) is 5.75 Å². The molecule has 0 aliphatic carbocycles.